The lowest BCUT2D eigenvalue weighted by atomic mass is 9.81. The van der Waals surface area contributed by atoms with Crippen LogP contribution in [0.5, 0.6) is 0 Å². The fourth-order valence-electron chi connectivity index (χ4n) is 7.41. The molecule has 0 spiro atoms. The first-order valence-electron chi connectivity index (χ1n) is 19.0. The highest BCUT2D eigenvalue weighted by molar-refractivity contribution is 7.86. The summed E-state index contributed by atoms with van der Waals surface area (Å²) in [6.07, 6.45) is 12.0. The number of nitrogens with zero attached hydrogens (tertiary/aromatic N) is 5. The van der Waals surface area contributed by atoms with Crippen LogP contribution in [-0.4, -0.2) is 88.2 Å². The molecule has 0 radical (unpaired) electrons. The maximum absolute atomic E-state index is 11.9. The lowest BCUT2D eigenvalue weighted by molar-refractivity contribution is -0.464. The van der Waals surface area contributed by atoms with Crippen LogP contribution in [0.3, 0.4) is 0 Å². The molecular formula is C39H45N7O13S2+2. The molecule has 324 valence electrons. The molecule has 3 aromatic rings. The molecule has 0 atom stereocenters. The van der Waals surface area contributed by atoms with Crippen LogP contribution in [-0.2, 0) is 32.1 Å². The molecule has 0 bridgehead atoms. The number of nitro benzene ring substituents is 3. The smallest absolute Gasteiger partial charge is 0.332 e. The van der Waals surface area contributed by atoms with E-state index in [2.05, 4.69) is 19.8 Å². The molecule has 20 nitrogen and oxygen atoms in total. The molecule has 0 saturated heterocycles. The Morgan fingerprint density at radius 3 is 2.13 bits per heavy atom. The van der Waals surface area contributed by atoms with Gasteiger partial charge < -0.3 is 15.3 Å². The highest BCUT2D eigenvalue weighted by Gasteiger charge is 2.44. The van der Waals surface area contributed by atoms with Crippen LogP contribution in [0.15, 0.2) is 94.4 Å². The average molecular weight is 884 g/mol. The molecule has 2 aliphatic heterocycles. The summed E-state index contributed by atoms with van der Waals surface area (Å²) in [5.41, 5.74) is 1.37. The van der Waals surface area contributed by atoms with Gasteiger partial charge in [0.05, 0.1) is 55.1 Å². The van der Waals surface area contributed by atoms with Crippen LogP contribution in [0, 0.1) is 30.3 Å². The molecule has 3 aromatic carbocycles. The van der Waals surface area contributed by atoms with Gasteiger partial charge in [0, 0.05) is 42.1 Å². The number of fused-ring (bicyclic) bond motifs is 2. The Bertz CT molecular complexity index is 2620. The standard InChI is InChI=1S/C39H43N7O13S2/c1-4-42-33-17-15-30(61(57,58)59)25-31(33)39(2,3)36(42)12-8-5-7-11-27-21-26-22-29(60(54,55)56)14-16-32(26)43(27)20-10-6-9-13-37(47)40-18-19-41-38-34(45(50)51)23-28(44(48)49)24-35(38)46(52)53/h5,7-8,11-12,14-17,22-25,41H,4,6,9-10,13,18-21H2,1-3H3,(H2-,40,47,54,55,56,57,58,59)/p+2. The zero-order valence-corrected chi connectivity index (χ0v) is 35.0. The number of benzene rings is 3. The number of hydrogen-bond donors (Lipinski definition) is 5. The van der Waals surface area contributed by atoms with Crippen molar-refractivity contribution in [1.82, 2.24) is 0 Å². The molecule has 22 heteroatoms. The van der Waals surface area contributed by atoms with E-state index < -0.39 is 63.2 Å². The summed E-state index contributed by atoms with van der Waals surface area (Å²) >= 11 is 0. The molecule has 0 aromatic heterocycles. The summed E-state index contributed by atoms with van der Waals surface area (Å²) in [6, 6.07) is 10.2. The predicted molar refractivity (Wildman–Crippen MR) is 225 cm³/mol. The van der Waals surface area contributed by atoms with E-state index in [0.29, 0.717) is 56.5 Å². The molecule has 5 N–H and O–H groups in total. The number of hydrogen-bond acceptors (Lipinski definition) is 12. The van der Waals surface area contributed by atoms with Crippen molar-refractivity contribution < 1.29 is 55.4 Å². The van der Waals surface area contributed by atoms with E-state index in [1.807, 2.05) is 51.2 Å². The largest absolute Gasteiger partial charge is 0.464 e. The first kappa shape index (κ1) is 45.7. The van der Waals surface area contributed by atoms with Crippen LogP contribution < -0.4 is 15.2 Å². The number of unbranched alkanes of at least 4 members (excludes halogenated alkanes) is 2. The molecule has 2 aliphatic rings. The van der Waals surface area contributed by atoms with E-state index in [-0.39, 0.29) is 35.2 Å². The van der Waals surface area contributed by atoms with Gasteiger partial charge in [0.25, 0.3) is 25.9 Å². The summed E-state index contributed by atoms with van der Waals surface area (Å²) in [6.45, 7) is 7.02. The fourth-order valence-corrected chi connectivity index (χ4v) is 8.45. The minimum absolute atomic E-state index is 0.0175. The van der Waals surface area contributed by atoms with Gasteiger partial charge in [-0.2, -0.15) is 21.4 Å². The number of aliphatic hydroxyl groups is 1. The van der Waals surface area contributed by atoms with E-state index in [0.717, 1.165) is 28.3 Å². The quantitative estimate of drug-likeness (QED) is 0.0154. The third-order valence-electron chi connectivity index (χ3n) is 10.3. The number of allylic oxidation sites excluding steroid dienone is 6. The normalized spacial score (nSPS) is 15.9. The second kappa shape index (κ2) is 18.5. The Morgan fingerprint density at radius 1 is 0.885 bits per heavy atom. The summed E-state index contributed by atoms with van der Waals surface area (Å²) < 4.78 is 68.8. The van der Waals surface area contributed by atoms with E-state index in [1.54, 1.807) is 12.1 Å². The first-order valence-corrected chi connectivity index (χ1v) is 21.9. The van der Waals surface area contributed by atoms with Gasteiger partial charge in [-0.25, -0.2) is 4.99 Å². The summed E-state index contributed by atoms with van der Waals surface area (Å²) in [5, 5.41) is 47.1. The van der Waals surface area contributed by atoms with Crippen molar-refractivity contribution in [3.63, 3.8) is 0 Å². The van der Waals surface area contributed by atoms with Crippen molar-refractivity contribution in [2.45, 2.75) is 68.1 Å². The van der Waals surface area contributed by atoms with Gasteiger partial charge in [-0.05, 0) is 75.6 Å². The van der Waals surface area contributed by atoms with Crippen molar-refractivity contribution in [2.24, 2.45) is 0 Å². The van der Waals surface area contributed by atoms with Crippen LogP contribution in [0.4, 0.5) is 34.1 Å². The number of nitro groups is 3. The molecule has 5 rings (SSSR count). The van der Waals surface area contributed by atoms with Crippen LogP contribution in [0.25, 0.3) is 0 Å². The average Bonchev–Trinajstić information content (AvgIpc) is 3.64. The SMILES string of the molecule is CC[N+]1=C(C=CC=CC=C2Cc3cc(S(=O)(=O)O)ccc3N2CCCCCC(O)=[NH+]CCNc2c([N+](=O)[O-])cc([N+](=O)[O-])cc2[N+](=O)[O-])C(C)(C)c2cc(S(=O)(=O)O)ccc21. The Labute approximate surface area is 350 Å². The Morgan fingerprint density at radius 2 is 1.52 bits per heavy atom. The third kappa shape index (κ3) is 10.5. The van der Waals surface area contributed by atoms with Gasteiger partial charge in [-0.1, -0.05) is 24.6 Å². The maximum atomic E-state index is 11.9. The van der Waals surface area contributed by atoms with Gasteiger partial charge in [-0.15, -0.1) is 0 Å². The van der Waals surface area contributed by atoms with Gasteiger partial charge in [-0.3, -0.25) is 39.4 Å². The number of anilines is 2. The zero-order chi connectivity index (χ0) is 44.9. The minimum Gasteiger partial charge on any atom is -0.464 e. The molecule has 0 aliphatic carbocycles. The van der Waals surface area contributed by atoms with Gasteiger partial charge in [0.2, 0.25) is 5.69 Å². The third-order valence-corrected chi connectivity index (χ3v) is 12.0. The van der Waals surface area contributed by atoms with Gasteiger partial charge in [0.1, 0.15) is 6.54 Å². The maximum Gasteiger partial charge on any atom is 0.332 e. The number of rotatable bonds is 19. The second-order valence-electron chi connectivity index (χ2n) is 14.6. The molecule has 61 heavy (non-hydrogen) atoms. The number of non-ortho nitro benzene ring substituents is 1. The second-order valence-corrected chi connectivity index (χ2v) is 17.5. The van der Waals surface area contributed by atoms with Gasteiger partial charge >= 0.3 is 17.3 Å². The lowest BCUT2D eigenvalue weighted by Crippen LogP contribution is -2.74. The molecule has 0 amide bonds. The molecule has 0 fully saturated rings. The summed E-state index contributed by atoms with van der Waals surface area (Å²) in [5.74, 6) is -0.0783. The molecule has 2 heterocycles. The van der Waals surface area contributed by atoms with E-state index >= 15 is 0 Å². The summed E-state index contributed by atoms with van der Waals surface area (Å²) in [7, 11) is -8.81. The Hall–Kier alpha value is -6.36. The Kier molecular flexibility index (Phi) is 13.9. The fraction of sp³-hybridized carbons (Fsp3) is 0.333. The van der Waals surface area contributed by atoms with E-state index in [9.17, 15) is 61.4 Å². The molecule has 0 unspecified atom stereocenters. The Balaban J connectivity index is 1.22. The molecule has 0 saturated carbocycles. The van der Waals surface area contributed by atoms with Crippen molar-refractivity contribution in [3.05, 3.63) is 126 Å². The van der Waals surface area contributed by atoms with Crippen LogP contribution in [0.1, 0.15) is 57.6 Å². The zero-order valence-electron chi connectivity index (χ0n) is 33.3. The van der Waals surface area contributed by atoms with E-state index in [4.69, 9.17) is 0 Å². The molecular weight excluding hydrogens is 839 g/mol. The monoisotopic (exact) mass is 883 g/mol. The van der Waals surface area contributed by atoms with Crippen LogP contribution >= 0.6 is 0 Å². The van der Waals surface area contributed by atoms with Gasteiger partial charge in [0.15, 0.2) is 17.9 Å². The number of aliphatic hydroxyl groups excluding tert-OH is 1. The predicted octanol–water partition coefficient (Wildman–Crippen LogP) is 5.07. The minimum atomic E-state index is -4.43. The van der Waals surface area contributed by atoms with Crippen molar-refractivity contribution in [3.8, 4) is 0 Å². The highest BCUT2D eigenvalue weighted by atomic mass is 32.2. The van der Waals surface area contributed by atoms with Crippen molar-refractivity contribution >= 4 is 66.0 Å². The van der Waals surface area contributed by atoms with Crippen molar-refractivity contribution in [1.29, 1.82) is 0 Å². The highest BCUT2D eigenvalue weighted by Crippen LogP contribution is 2.42. The van der Waals surface area contributed by atoms with Crippen LogP contribution in [0.2, 0.25) is 0 Å². The topological polar surface area (TPSA) is 291 Å². The number of nitrogens with one attached hydrogen (secondary N) is 2. The van der Waals surface area contributed by atoms with E-state index in [1.165, 1.54) is 24.3 Å². The summed E-state index contributed by atoms with van der Waals surface area (Å²) in [4.78, 5) is 35.6. The van der Waals surface area contributed by atoms with Crippen molar-refractivity contribution in [2.75, 3.05) is 36.4 Å². The first-order chi connectivity index (χ1) is 28.6. The lowest BCUT2D eigenvalue weighted by Gasteiger charge is -2.21.